The first-order valence-electron chi connectivity index (χ1n) is 5.40. The van der Waals surface area contributed by atoms with Crippen molar-refractivity contribution < 1.29 is 0 Å². The number of anilines is 1. The molecule has 0 aliphatic carbocycles. The zero-order valence-electron chi connectivity index (χ0n) is 9.24. The standard InChI is InChI=1S/C12H13BrClN3/c13-10-2-3-12(11(14)8-10)16-4-1-6-17-7-5-15-9-17/h2-3,5,7-9,16H,1,4,6H2. The van der Waals surface area contributed by atoms with Crippen LogP contribution in [0.4, 0.5) is 5.69 Å². The molecule has 1 heterocycles. The number of rotatable bonds is 5. The van der Waals surface area contributed by atoms with Crippen molar-refractivity contribution in [3.05, 3.63) is 46.4 Å². The second-order valence-electron chi connectivity index (χ2n) is 3.71. The fraction of sp³-hybridized carbons (Fsp3) is 0.250. The van der Waals surface area contributed by atoms with E-state index in [0.717, 1.165) is 34.7 Å². The maximum absolute atomic E-state index is 6.10. The van der Waals surface area contributed by atoms with E-state index in [9.17, 15) is 0 Å². The van der Waals surface area contributed by atoms with Crippen molar-refractivity contribution in [1.29, 1.82) is 0 Å². The number of hydrogen-bond donors (Lipinski definition) is 1. The van der Waals surface area contributed by atoms with Gasteiger partial charge in [-0.25, -0.2) is 4.98 Å². The Morgan fingerprint density at radius 1 is 1.41 bits per heavy atom. The number of nitrogens with one attached hydrogen (secondary N) is 1. The van der Waals surface area contributed by atoms with Gasteiger partial charge in [0.15, 0.2) is 0 Å². The Labute approximate surface area is 114 Å². The van der Waals surface area contributed by atoms with E-state index in [4.69, 9.17) is 11.6 Å². The largest absolute Gasteiger partial charge is 0.384 e. The van der Waals surface area contributed by atoms with Gasteiger partial charge in [-0.2, -0.15) is 0 Å². The summed E-state index contributed by atoms with van der Waals surface area (Å²) in [6.07, 6.45) is 6.61. The maximum Gasteiger partial charge on any atom is 0.0945 e. The molecule has 0 spiro atoms. The Hall–Kier alpha value is -1.00. The normalized spacial score (nSPS) is 10.5. The molecule has 0 aliphatic rings. The van der Waals surface area contributed by atoms with Crippen LogP contribution in [0.15, 0.2) is 41.4 Å². The Bertz CT molecular complexity index is 471. The van der Waals surface area contributed by atoms with E-state index in [0.29, 0.717) is 0 Å². The first kappa shape index (κ1) is 12.5. The first-order valence-corrected chi connectivity index (χ1v) is 6.57. The molecule has 0 unspecified atom stereocenters. The van der Waals surface area contributed by atoms with Crippen LogP contribution >= 0.6 is 27.5 Å². The van der Waals surface area contributed by atoms with Gasteiger partial charge in [-0.1, -0.05) is 27.5 Å². The minimum absolute atomic E-state index is 0.738. The third-order valence-electron chi connectivity index (χ3n) is 2.40. The predicted octanol–water partition coefficient (Wildman–Crippen LogP) is 3.80. The van der Waals surface area contributed by atoms with Crippen molar-refractivity contribution in [1.82, 2.24) is 9.55 Å². The van der Waals surface area contributed by atoms with Gasteiger partial charge in [0, 0.05) is 30.0 Å². The summed E-state index contributed by atoms with van der Waals surface area (Å²) in [5.41, 5.74) is 0.973. The summed E-state index contributed by atoms with van der Waals surface area (Å²) >= 11 is 9.48. The van der Waals surface area contributed by atoms with Crippen LogP contribution in [0.5, 0.6) is 0 Å². The maximum atomic E-state index is 6.10. The zero-order chi connectivity index (χ0) is 12.1. The van der Waals surface area contributed by atoms with Crippen molar-refractivity contribution in [2.45, 2.75) is 13.0 Å². The quantitative estimate of drug-likeness (QED) is 0.851. The van der Waals surface area contributed by atoms with Gasteiger partial charge in [-0.05, 0) is 24.6 Å². The lowest BCUT2D eigenvalue weighted by molar-refractivity contribution is 0.661. The molecule has 17 heavy (non-hydrogen) atoms. The Balaban J connectivity index is 1.78. The molecule has 0 aliphatic heterocycles. The number of imidazole rings is 1. The van der Waals surface area contributed by atoms with E-state index in [-0.39, 0.29) is 0 Å². The van der Waals surface area contributed by atoms with Gasteiger partial charge in [-0.15, -0.1) is 0 Å². The number of aryl methyl sites for hydroxylation is 1. The van der Waals surface area contributed by atoms with E-state index in [2.05, 4.69) is 30.8 Å². The average Bonchev–Trinajstić information content (AvgIpc) is 2.79. The van der Waals surface area contributed by atoms with Crippen molar-refractivity contribution in [2.75, 3.05) is 11.9 Å². The number of benzene rings is 1. The molecule has 3 nitrogen and oxygen atoms in total. The Morgan fingerprint density at radius 3 is 3.00 bits per heavy atom. The molecule has 5 heteroatoms. The molecule has 1 N–H and O–H groups in total. The van der Waals surface area contributed by atoms with E-state index < -0.39 is 0 Å². The second-order valence-corrected chi connectivity index (χ2v) is 5.03. The van der Waals surface area contributed by atoms with Crippen LogP contribution in [0.3, 0.4) is 0 Å². The van der Waals surface area contributed by atoms with Gasteiger partial charge >= 0.3 is 0 Å². The van der Waals surface area contributed by atoms with Crippen LogP contribution in [-0.4, -0.2) is 16.1 Å². The molecule has 0 fully saturated rings. The van der Waals surface area contributed by atoms with E-state index in [1.807, 2.05) is 30.7 Å². The molecule has 0 saturated heterocycles. The van der Waals surface area contributed by atoms with Crippen LogP contribution in [0.1, 0.15) is 6.42 Å². The molecule has 90 valence electrons. The van der Waals surface area contributed by atoms with Gasteiger partial charge in [0.1, 0.15) is 0 Å². The number of halogens is 2. The fourth-order valence-corrected chi connectivity index (χ4v) is 2.28. The van der Waals surface area contributed by atoms with Crippen molar-refractivity contribution in [2.24, 2.45) is 0 Å². The van der Waals surface area contributed by atoms with Crippen LogP contribution in [0.25, 0.3) is 0 Å². The number of aromatic nitrogens is 2. The van der Waals surface area contributed by atoms with E-state index >= 15 is 0 Å². The van der Waals surface area contributed by atoms with Gasteiger partial charge in [0.2, 0.25) is 0 Å². The molecule has 0 amide bonds. The first-order chi connectivity index (χ1) is 8.25. The molecular weight excluding hydrogens is 302 g/mol. The summed E-state index contributed by atoms with van der Waals surface area (Å²) in [6, 6.07) is 5.84. The lowest BCUT2D eigenvalue weighted by Gasteiger charge is -2.08. The van der Waals surface area contributed by atoms with Gasteiger partial charge < -0.3 is 9.88 Å². The van der Waals surface area contributed by atoms with Crippen molar-refractivity contribution >= 4 is 33.2 Å². The van der Waals surface area contributed by atoms with Gasteiger partial charge in [-0.3, -0.25) is 0 Å². The second kappa shape index (κ2) is 6.07. The van der Waals surface area contributed by atoms with Crippen LogP contribution in [0, 0.1) is 0 Å². The minimum atomic E-state index is 0.738. The van der Waals surface area contributed by atoms with E-state index in [1.165, 1.54) is 0 Å². The summed E-state index contributed by atoms with van der Waals surface area (Å²) in [7, 11) is 0. The Kier molecular flexibility index (Phi) is 4.45. The zero-order valence-corrected chi connectivity index (χ0v) is 11.6. The van der Waals surface area contributed by atoms with E-state index in [1.54, 1.807) is 6.20 Å². The molecule has 0 bridgehead atoms. The molecule has 0 saturated carbocycles. The van der Waals surface area contributed by atoms with Gasteiger partial charge in [0.05, 0.1) is 17.0 Å². The summed E-state index contributed by atoms with van der Waals surface area (Å²) < 4.78 is 3.05. The molecule has 2 aromatic rings. The smallest absolute Gasteiger partial charge is 0.0945 e. The lowest BCUT2D eigenvalue weighted by atomic mass is 10.3. The molecule has 1 aromatic carbocycles. The molecule has 0 radical (unpaired) electrons. The fourth-order valence-electron chi connectivity index (χ4n) is 1.54. The summed E-state index contributed by atoms with van der Waals surface area (Å²) in [5.74, 6) is 0. The highest BCUT2D eigenvalue weighted by molar-refractivity contribution is 9.10. The highest BCUT2D eigenvalue weighted by atomic mass is 79.9. The highest BCUT2D eigenvalue weighted by Gasteiger charge is 1.99. The third kappa shape index (κ3) is 3.75. The molecule has 1 aromatic heterocycles. The number of hydrogen-bond acceptors (Lipinski definition) is 2. The molecule has 0 atom stereocenters. The molecular formula is C12H13BrClN3. The van der Waals surface area contributed by atoms with Crippen molar-refractivity contribution in [3.63, 3.8) is 0 Å². The monoisotopic (exact) mass is 313 g/mol. The highest BCUT2D eigenvalue weighted by Crippen LogP contribution is 2.25. The average molecular weight is 315 g/mol. The molecule has 2 rings (SSSR count). The predicted molar refractivity (Wildman–Crippen MR) is 74.5 cm³/mol. The summed E-state index contributed by atoms with van der Waals surface area (Å²) in [6.45, 7) is 1.85. The third-order valence-corrected chi connectivity index (χ3v) is 3.20. The number of nitrogens with zero attached hydrogens (tertiary/aromatic N) is 2. The van der Waals surface area contributed by atoms with Crippen LogP contribution in [-0.2, 0) is 6.54 Å². The minimum Gasteiger partial charge on any atom is -0.384 e. The van der Waals surface area contributed by atoms with Crippen molar-refractivity contribution in [3.8, 4) is 0 Å². The summed E-state index contributed by atoms with van der Waals surface area (Å²) in [4.78, 5) is 4.00. The van der Waals surface area contributed by atoms with Crippen LogP contribution < -0.4 is 5.32 Å². The van der Waals surface area contributed by atoms with Crippen LogP contribution in [0.2, 0.25) is 5.02 Å². The SMILES string of the molecule is Clc1cc(Br)ccc1NCCCn1ccnc1. The van der Waals surface area contributed by atoms with Gasteiger partial charge in [0.25, 0.3) is 0 Å². The Morgan fingerprint density at radius 2 is 2.29 bits per heavy atom. The topological polar surface area (TPSA) is 29.9 Å². The summed E-state index contributed by atoms with van der Waals surface area (Å²) in [5, 5.41) is 4.05. The lowest BCUT2D eigenvalue weighted by Crippen LogP contribution is -2.06.